The van der Waals surface area contributed by atoms with Gasteiger partial charge in [-0.25, -0.2) is 14.0 Å². The summed E-state index contributed by atoms with van der Waals surface area (Å²) in [5, 5.41) is 20.5. The van der Waals surface area contributed by atoms with Crippen molar-refractivity contribution in [3.05, 3.63) is 65.3 Å². The molecule has 2 atom stereocenters. The third kappa shape index (κ3) is 4.97. The van der Waals surface area contributed by atoms with Gasteiger partial charge in [0.05, 0.1) is 24.9 Å². The van der Waals surface area contributed by atoms with Crippen molar-refractivity contribution in [2.45, 2.75) is 26.0 Å². The van der Waals surface area contributed by atoms with Gasteiger partial charge in [0.15, 0.2) is 0 Å². The Morgan fingerprint density at radius 3 is 2.07 bits per heavy atom. The van der Waals surface area contributed by atoms with Gasteiger partial charge >= 0.3 is 5.69 Å². The number of aliphatic hydroxyl groups is 1. The maximum atomic E-state index is 12.5. The van der Waals surface area contributed by atoms with E-state index in [0.717, 1.165) is 35.9 Å². The highest BCUT2D eigenvalue weighted by molar-refractivity contribution is 5.49. The number of nitrogens with one attached hydrogen (secondary N) is 2. The van der Waals surface area contributed by atoms with Crippen LogP contribution in [0.3, 0.4) is 0 Å². The van der Waals surface area contributed by atoms with Crippen molar-refractivity contribution >= 4 is 11.4 Å². The first-order valence-electron chi connectivity index (χ1n) is 9.56. The average molecular weight is 397 g/mol. The van der Waals surface area contributed by atoms with Crippen LogP contribution in [-0.2, 0) is 0 Å². The third-order valence-electron chi connectivity index (χ3n) is 4.80. The van der Waals surface area contributed by atoms with Crippen LogP contribution in [0.4, 0.5) is 11.4 Å². The molecular formula is C21H27N5O3. The van der Waals surface area contributed by atoms with Gasteiger partial charge in [0.25, 0.3) is 0 Å². The molecule has 2 aromatic carbocycles. The monoisotopic (exact) mass is 397 g/mol. The highest BCUT2D eigenvalue weighted by atomic mass is 16.5. The van der Waals surface area contributed by atoms with Gasteiger partial charge in [0, 0.05) is 24.5 Å². The summed E-state index contributed by atoms with van der Waals surface area (Å²) in [7, 11) is 1.65. The number of benzene rings is 2. The van der Waals surface area contributed by atoms with Crippen molar-refractivity contribution in [3.63, 3.8) is 0 Å². The van der Waals surface area contributed by atoms with Gasteiger partial charge in [-0.15, -0.1) is 0 Å². The smallest absolute Gasteiger partial charge is 0.350 e. The molecule has 0 saturated heterocycles. The molecule has 3 rings (SSSR count). The van der Waals surface area contributed by atoms with Crippen molar-refractivity contribution in [1.82, 2.24) is 14.3 Å². The van der Waals surface area contributed by atoms with Crippen molar-refractivity contribution in [3.8, 4) is 11.4 Å². The van der Waals surface area contributed by atoms with E-state index in [4.69, 9.17) is 4.74 Å². The van der Waals surface area contributed by atoms with Crippen molar-refractivity contribution in [2.24, 2.45) is 0 Å². The Hall–Kier alpha value is -3.26. The van der Waals surface area contributed by atoms with Gasteiger partial charge in [-0.2, -0.15) is 5.10 Å². The van der Waals surface area contributed by atoms with Crippen LogP contribution in [0.5, 0.6) is 5.75 Å². The maximum Gasteiger partial charge on any atom is 0.350 e. The lowest BCUT2D eigenvalue weighted by Crippen LogP contribution is -2.31. The molecule has 3 N–H and O–H groups in total. The summed E-state index contributed by atoms with van der Waals surface area (Å²) in [5.74, 6) is 0.832. The van der Waals surface area contributed by atoms with Gasteiger partial charge < -0.3 is 20.5 Å². The number of aliphatic hydroxyl groups excluding tert-OH is 1. The second-order valence-corrected chi connectivity index (χ2v) is 6.84. The minimum absolute atomic E-state index is 0.275. The predicted molar refractivity (Wildman–Crippen MR) is 114 cm³/mol. The molecule has 0 aliphatic carbocycles. The van der Waals surface area contributed by atoms with Crippen LogP contribution in [0, 0.1) is 0 Å². The largest absolute Gasteiger partial charge is 0.497 e. The molecule has 154 valence electrons. The van der Waals surface area contributed by atoms with E-state index in [2.05, 4.69) is 15.7 Å². The molecule has 0 saturated carbocycles. The van der Waals surface area contributed by atoms with Crippen LogP contribution in [0.2, 0.25) is 0 Å². The van der Waals surface area contributed by atoms with Gasteiger partial charge in [-0.3, -0.25) is 0 Å². The third-order valence-corrected chi connectivity index (χ3v) is 4.80. The molecule has 0 bridgehead atoms. The Balaban J connectivity index is 1.54. The second kappa shape index (κ2) is 9.29. The normalized spacial score (nSPS) is 13.0. The van der Waals surface area contributed by atoms with E-state index in [0.29, 0.717) is 0 Å². The van der Waals surface area contributed by atoms with E-state index in [1.54, 1.807) is 21.0 Å². The quantitative estimate of drug-likeness (QED) is 0.481. The topological polar surface area (TPSA) is 93.3 Å². The number of ether oxygens (including phenoxy) is 1. The predicted octanol–water partition coefficient (Wildman–Crippen LogP) is 2.51. The van der Waals surface area contributed by atoms with Gasteiger partial charge in [0.1, 0.15) is 12.1 Å². The molecule has 0 spiro atoms. The van der Waals surface area contributed by atoms with Gasteiger partial charge in [-0.1, -0.05) is 0 Å². The van der Waals surface area contributed by atoms with Crippen LogP contribution in [0.15, 0.2) is 59.7 Å². The molecule has 8 nitrogen and oxygen atoms in total. The number of nitrogens with zero attached hydrogens (tertiary/aromatic N) is 3. The Labute approximate surface area is 169 Å². The van der Waals surface area contributed by atoms with Crippen LogP contribution in [0.25, 0.3) is 5.69 Å². The summed E-state index contributed by atoms with van der Waals surface area (Å²) in [6.45, 7) is 4.91. The van der Waals surface area contributed by atoms with Gasteiger partial charge in [0.2, 0.25) is 0 Å². The number of hydrogen-bond donors (Lipinski definition) is 3. The number of methoxy groups -OCH3 is 1. The molecule has 1 heterocycles. The number of aromatic nitrogens is 3. The van der Waals surface area contributed by atoms with Crippen molar-refractivity contribution in [2.75, 3.05) is 30.8 Å². The minimum atomic E-state index is -0.658. The molecule has 0 amide bonds. The number of anilines is 2. The SMILES string of the molecule is COc1ccc(NCCNc2ccc(-n3cnn([C@@H](C)[C@@H](C)O)c3=O)cc2)cc1. The van der Waals surface area contributed by atoms with Crippen LogP contribution in [-0.4, -0.2) is 45.8 Å². The molecule has 1 aromatic heterocycles. The summed E-state index contributed by atoms with van der Waals surface area (Å²) < 4.78 is 7.91. The van der Waals surface area contributed by atoms with E-state index in [1.807, 2.05) is 48.5 Å². The molecular weight excluding hydrogens is 370 g/mol. The van der Waals surface area contributed by atoms with E-state index in [-0.39, 0.29) is 11.7 Å². The van der Waals surface area contributed by atoms with Crippen LogP contribution < -0.4 is 21.1 Å². The number of hydrogen-bond acceptors (Lipinski definition) is 6. The fourth-order valence-electron chi connectivity index (χ4n) is 2.84. The molecule has 0 fully saturated rings. The Kier molecular flexibility index (Phi) is 6.56. The molecule has 8 heteroatoms. The van der Waals surface area contributed by atoms with E-state index >= 15 is 0 Å². The summed E-state index contributed by atoms with van der Waals surface area (Å²) in [4.78, 5) is 12.5. The molecule has 0 aliphatic heterocycles. The first-order valence-corrected chi connectivity index (χ1v) is 9.56. The fraction of sp³-hybridized carbons (Fsp3) is 0.333. The van der Waals surface area contributed by atoms with Crippen LogP contribution in [0.1, 0.15) is 19.9 Å². The highest BCUT2D eigenvalue weighted by Crippen LogP contribution is 2.15. The Morgan fingerprint density at radius 1 is 1.00 bits per heavy atom. The van der Waals surface area contributed by atoms with E-state index < -0.39 is 6.10 Å². The molecule has 29 heavy (non-hydrogen) atoms. The molecule has 0 radical (unpaired) electrons. The standard InChI is InChI=1S/C21H27N5O3/c1-15(16(2)27)26-21(28)25(14-24-26)19-8-4-17(5-9-19)22-12-13-23-18-6-10-20(29-3)11-7-18/h4-11,14-16,22-23,27H,12-13H2,1-3H3/t15-,16+/m0/s1. The Bertz CT molecular complexity index is 961. The zero-order chi connectivity index (χ0) is 20.8. The van der Waals surface area contributed by atoms with E-state index in [1.165, 1.54) is 15.6 Å². The van der Waals surface area contributed by atoms with Crippen molar-refractivity contribution in [1.29, 1.82) is 0 Å². The zero-order valence-corrected chi connectivity index (χ0v) is 16.9. The van der Waals surface area contributed by atoms with E-state index in [9.17, 15) is 9.90 Å². The zero-order valence-electron chi connectivity index (χ0n) is 16.9. The summed E-state index contributed by atoms with van der Waals surface area (Å²) in [6.07, 6.45) is 0.816. The fourth-order valence-corrected chi connectivity index (χ4v) is 2.84. The highest BCUT2D eigenvalue weighted by Gasteiger charge is 2.16. The number of rotatable bonds is 9. The first kappa shape index (κ1) is 20.5. The molecule has 3 aromatic rings. The lowest BCUT2D eigenvalue weighted by atomic mass is 10.2. The Morgan fingerprint density at radius 2 is 1.55 bits per heavy atom. The second-order valence-electron chi connectivity index (χ2n) is 6.84. The average Bonchev–Trinajstić information content (AvgIpc) is 3.12. The first-order chi connectivity index (χ1) is 14.0. The molecule has 0 unspecified atom stereocenters. The molecule has 0 aliphatic rings. The van der Waals surface area contributed by atoms with Crippen molar-refractivity contribution < 1.29 is 9.84 Å². The summed E-state index contributed by atoms with van der Waals surface area (Å²) in [5.41, 5.74) is 2.44. The maximum absolute atomic E-state index is 12.5. The summed E-state index contributed by atoms with van der Waals surface area (Å²) in [6, 6.07) is 15.0. The lowest BCUT2D eigenvalue weighted by Gasteiger charge is -2.13. The minimum Gasteiger partial charge on any atom is -0.497 e. The van der Waals surface area contributed by atoms with Gasteiger partial charge in [-0.05, 0) is 62.4 Å². The lowest BCUT2D eigenvalue weighted by molar-refractivity contribution is 0.130. The summed E-state index contributed by atoms with van der Waals surface area (Å²) >= 11 is 0. The van der Waals surface area contributed by atoms with Crippen LogP contribution >= 0.6 is 0 Å².